The molecule has 0 spiro atoms. The van der Waals surface area contributed by atoms with Gasteiger partial charge in [-0.3, -0.25) is 0 Å². The molecule has 1 heterocycles. The Morgan fingerprint density at radius 3 is 2.65 bits per heavy atom. The van der Waals surface area contributed by atoms with E-state index in [9.17, 15) is 5.11 Å². The average Bonchev–Trinajstić information content (AvgIpc) is 2.65. The number of benzene rings is 1. The Kier molecular flexibility index (Phi) is 4.48. The number of hydrogen-bond acceptors (Lipinski definition) is 2. The van der Waals surface area contributed by atoms with Gasteiger partial charge < -0.3 is 9.67 Å². The predicted molar refractivity (Wildman–Crippen MR) is 83.8 cm³/mol. The molecule has 1 unspecified atom stereocenters. The largest absolute Gasteiger partial charge is 0.393 e. The van der Waals surface area contributed by atoms with Crippen LogP contribution in [0.3, 0.4) is 0 Å². The molecule has 0 fully saturated rings. The van der Waals surface area contributed by atoms with Crippen molar-refractivity contribution in [1.82, 2.24) is 9.55 Å². The van der Waals surface area contributed by atoms with Crippen LogP contribution in [-0.4, -0.2) is 20.8 Å². The number of hydrogen-bond donors (Lipinski definition) is 1. The molecular weight excluding hydrogens is 248 g/mol. The number of fused-ring (bicyclic) bond motifs is 1. The number of aromatic nitrogens is 2. The predicted octanol–water partition coefficient (Wildman–Crippen LogP) is 3.79. The first kappa shape index (κ1) is 15.0. The molecule has 20 heavy (non-hydrogen) atoms. The highest BCUT2D eigenvalue weighted by molar-refractivity contribution is 5.75. The number of rotatable bonds is 6. The summed E-state index contributed by atoms with van der Waals surface area (Å²) in [6.45, 7) is 9.46. The number of aliphatic hydroxyl groups is 1. The molecule has 1 atom stereocenters. The quantitative estimate of drug-likeness (QED) is 0.870. The monoisotopic (exact) mass is 274 g/mol. The van der Waals surface area contributed by atoms with Gasteiger partial charge in [-0.05, 0) is 37.3 Å². The Labute approximate surface area is 121 Å². The summed E-state index contributed by atoms with van der Waals surface area (Å²) < 4.78 is 2.33. The molecule has 0 amide bonds. The zero-order chi connectivity index (χ0) is 14.8. The second-order valence-electron chi connectivity index (χ2n) is 6.56. The van der Waals surface area contributed by atoms with Gasteiger partial charge in [0.05, 0.1) is 17.1 Å². The molecule has 0 saturated heterocycles. The van der Waals surface area contributed by atoms with E-state index in [1.165, 1.54) is 5.52 Å². The van der Waals surface area contributed by atoms with Gasteiger partial charge in [0.1, 0.15) is 5.82 Å². The third kappa shape index (κ3) is 3.40. The van der Waals surface area contributed by atoms with Crippen molar-refractivity contribution in [3.63, 3.8) is 0 Å². The molecule has 1 N–H and O–H groups in total. The van der Waals surface area contributed by atoms with Gasteiger partial charge in [-0.2, -0.15) is 0 Å². The van der Waals surface area contributed by atoms with E-state index in [2.05, 4.69) is 43.5 Å². The molecule has 0 radical (unpaired) electrons. The molecule has 0 aliphatic heterocycles. The molecule has 1 aromatic carbocycles. The van der Waals surface area contributed by atoms with E-state index in [0.717, 1.165) is 37.1 Å². The summed E-state index contributed by atoms with van der Waals surface area (Å²) in [4.78, 5) is 4.81. The maximum Gasteiger partial charge on any atom is 0.110 e. The van der Waals surface area contributed by atoms with Crippen LogP contribution >= 0.6 is 0 Å². The van der Waals surface area contributed by atoms with Gasteiger partial charge in [0.25, 0.3) is 0 Å². The van der Waals surface area contributed by atoms with Gasteiger partial charge in [0.15, 0.2) is 0 Å². The lowest BCUT2D eigenvalue weighted by Crippen LogP contribution is -2.23. The molecular formula is C17H26N2O. The minimum absolute atomic E-state index is 0.0566. The molecule has 2 aromatic rings. The van der Waals surface area contributed by atoms with Crippen molar-refractivity contribution >= 4 is 11.0 Å². The second-order valence-corrected chi connectivity index (χ2v) is 6.56. The van der Waals surface area contributed by atoms with Gasteiger partial charge in [-0.1, -0.05) is 32.9 Å². The highest BCUT2D eigenvalue weighted by atomic mass is 16.3. The molecule has 0 aliphatic rings. The van der Waals surface area contributed by atoms with Crippen molar-refractivity contribution < 1.29 is 5.11 Å². The van der Waals surface area contributed by atoms with E-state index in [1.54, 1.807) is 0 Å². The lowest BCUT2D eigenvalue weighted by molar-refractivity contribution is 0.128. The zero-order valence-corrected chi connectivity index (χ0v) is 13.1. The molecule has 0 aliphatic carbocycles. The molecule has 2 rings (SSSR count). The Balaban J connectivity index is 2.35. The van der Waals surface area contributed by atoms with Crippen LogP contribution in [0.15, 0.2) is 24.3 Å². The number of aryl methyl sites for hydroxylation is 1. The Bertz CT molecular complexity index is 569. The summed E-state index contributed by atoms with van der Waals surface area (Å²) in [6.07, 6.45) is 2.52. The number of imidazole rings is 1. The number of aliphatic hydroxyl groups excluding tert-OH is 1. The first-order valence-corrected chi connectivity index (χ1v) is 7.55. The van der Waals surface area contributed by atoms with Crippen molar-refractivity contribution in [2.45, 2.75) is 59.6 Å². The minimum Gasteiger partial charge on any atom is -0.393 e. The van der Waals surface area contributed by atoms with E-state index in [0.29, 0.717) is 0 Å². The topological polar surface area (TPSA) is 38.0 Å². The van der Waals surface area contributed by atoms with Crippen molar-refractivity contribution in [2.75, 3.05) is 0 Å². The van der Waals surface area contributed by atoms with Crippen molar-refractivity contribution in [3.05, 3.63) is 30.1 Å². The Morgan fingerprint density at radius 2 is 2.00 bits per heavy atom. The summed E-state index contributed by atoms with van der Waals surface area (Å²) in [6, 6.07) is 8.33. The first-order chi connectivity index (χ1) is 9.43. The van der Waals surface area contributed by atoms with Crippen molar-refractivity contribution in [3.8, 4) is 0 Å². The van der Waals surface area contributed by atoms with E-state index >= 15 is 0 Å². The third-order valence-electron chi connectivity index (χ3n) is 3.67. The number of para-hydroxylation sites is 2. The van der Waals surface area contributed by atoms with Gasteiger partial charge >= 0.3 is 0 Å². The maximum atomic E-state index is 9.65. The van der Waals surface area contributed by atoms with Crippen LogP contribution in [0.1, 0.15) is 46.4 Å². The molecule has 110 valence electrons. The maximum absolute atomic E-state index is 9.65. The van der Waals surface area contributed by atoms with Crippen molar-refractivity contribution in [1.29, 1.82) is 0 Å². The summed E-state index contributed by atoms with van der Waals surface area (Å²) in [5, 5.41) is 9.65. The molecule has 3 nitrogen and oxygen atoms in total. The van der Waals surface area contributed by atoms with Crippen LogP contribution in [0.4, 0.5) is 0 Å². The zero-order valence-electron chi connectivity index (χ0n) is 13.1. The summed E-state index contributed by atoms with van der Waals surface area (Å²) in [5.74, 6) is 1.14. The smallest absolute Gasteiger partial charge is 0.110 e. The second kappa shape index (κ2) is 5.96. The fourth-order valence-corrected chi connectivity index (χ4v) is 3.03. The van der Waals surface area contributed by atoms with Crippen LogP contribution in [0, 0.1) is 5.41 Å². The normalized spacial score (nSPS) is 13.8. The summed E-state index contributed by atoms with van der Waals surface area (Å²) in [5.41, 5.74) is 2.35. The lowest BCUT2D eigenvalue weighted by Gasteiger charge is -2.26. The first-order valence-electron chi connectivity index (χ1n) is 7.55. The van der Waals surface area contributed by atoms with Crippen LogP contribution in [-0.2, 0) is 13.0 Å². The highest BCUT2D eigenvalue weighted by Gasteiger charge is 2.24. The summed E-state index contributed by atoms with van der Waals surface area (Å²) in [7, 11) is 0. The van der Waals surface area contributed by atoms with E-state index in [1.807, 2.05) is 13.0 Å². The van der Waals surface area contributed by atoms with Gasteiger partial charge in [0.2, 0.25) is 0 Å². The van der Waals surface area contributed by atoms with E-state index < -0.39 is 0 Å². The van der Waals surface area contributed by atoms with Gasteiger partial charge in [-0.25, -0.2) is 4.98 Å². The van der Waals surface area contributed by atoms with Crippen LogP contribution in [0.5, 0.6) is 0 Å². The Morgan fingerprint density at radius 1 is 1.30 bits per heavy atom. The molecule has 3 heteroatoms. The highest BCUT2D eigenvalue weighted by Crippen LogP contribution is 2.29. The molecule has 1 aromatic heterocycles. The molecule has 0 bridgehead atoms. The lowest BCUT2D eigenvalue weighted by atomic mass is 9.83. The SMILES string of the molecule is CCCn1c(CC(C)(C)CC(C)O)nc2ccccc21. The fourth-order valence-electron chi connectivity index (χ4n) is 3.03. The summed E-state index contributed by atoms with van der Waals surface area (Å²) >= 11 is 0. The Hall–Kier alpha value is -1.35. The average molecular weight is 274 g/mol. The minimum atomic E-state index is -0.269. The fraction of sp³-hybridized carbons (Fsp3) is 0.588. The van der Waals surface area contributed by atoms with Crippen molar-refractivity contribution in [2.24, 2.45) is 5.41 Å². The third-order valence-corrected chi connectivity index (χ3v) is 3.67. The molecule has 0 saturated carbocycles. The number of nitrogens with zero attached hydrogens (tertiary/aromatic N) is 2. The standard InChI is InChI=1S/C17H26N2O/c1-5-10-19-15-9-7-6-8-14(15)18-16(19)12-17(3,4)11-13(2)20/h6-9,13,20H,5,10-12H2,1-4H3. The van der Waals surface area contributed by atoms with Crippen LogP contribution in [0.2, 0.25) is 0 Å². The van der Waals surface area contributed by atoms with Gasteiger partial charge in [-0.15, -0.1) is 0 Å². The van der Waals surface area contributed by atoms with E-state index in [4.69, 9.17) is 4.98 Å². The van der Waals surface area contributed by atoms with E-state index in [-0.39, 0.29) is 11.5 Å². The van der Waals surface area contributed by atoms with Gasteiger partial charge in [0, 0.05) is 13.0 Å². The van der Waals surface area contributed by atoms with Crippen LogP contribution < -0.4 is 0 Å². The van der Waals surface area contributed by atoms with Crippen LogP contribution in [0.25, 0.3) is 11.0 Å².